The van der Waals surface area contributed by atoms with Crippen LogP contribution in [0.2, 0.25) is 0 Å². The van der Waals surface area contributed by atoms with Gasteiger partial charge in [0.15, 0.2) is 0 Å². The highest BCUT2D eigenvalue weighted by molar-refractivity contribution is 5.90. The van der Waals surface area contributed by atoms with E-state index in [1.54, 1.807) is 0 Å². The number of anilines is 1. The molecule has 4 heteroatoms. The van der Waals surface area contributed by atoms with Crippen LogP contribution in [0.3, 0.4) is 0 Å². The topological polar surface area (TPSA) is 50.4 Å². The maximum absolute atomic E-state index is 12.1. The lowest BCUT2D eigenvalue weighted by atomic mass is 10.0. The summed E-state index contributed by atoms with van der Waals surface area (Å²) in [6, 6.07) is 15.4. The van der Waals surface area contributed by atoms with Crippen LogP contribution < -0.4 is 15.4 Å². The van der Waals surface area contributed by atoms with Gasteiger partial charge < -0.3 is 15.4 Å². The second-order valence-corrected chi connectivity index (χ2v) is 5.23. The fourth-order valence-electron chi connectivity index (χ4n) is 2.48. The molecule has 4 nitrogen and oxygen atoms in total. The summed E-state index contributed by atoms with van der Waals surface area (Å²) in [6.45, 7) is 2.47. The zero-order valence-corrected chi connectivity index (χ0v) is 11.9. The van der Waals surface area contributed by atoms with Crippen molar-refractivity contribution >= 4 is 11.7 Å². The summed E-state index contributed by atoms with van der Waals surface area (Å²) < 4.78 is 5.67. The normalized spacial score (nSPS) is 16.5. The van der Waals surface area contributed by atoms with Gasteiger partial charge in [-0.2, -0.15) is 0 Å². The summed E-state index contributed by atoms with van der Waals surface area (Å²) in [4.78, 5) is 12.1. The minimum Gasteiger partial charge on any atom is -0.491 e. The third-order valence-electron chi connectivity index (χ3n) is 3.61. The maximum Gasteiger partial charge on any atom is 0.319 e. The number of aryl methyl sites for hydroxylation is 1. The number of urea groups is 1. The first-order valence-electron chi connectivity index (χ1n) is 7.06. The van der Waals surface area contributed by atoms with Crippen LogP contribution in [0.15, 0.2) is 48.5 Å². The van der Waals surface area contributed by atoms with Gasteiger partial charge in [0.2, 0.25) is 0 Å². The molecule has 0 saturated carbocycles. The number of amides is 2. The van der Waals surface area contributed by atoms with E-state index in [1.165, 1.54) is 0 Å². The Labute approximate surface area is 124 Å². The number of rotatable bonds is 2. The number of fused-ring (bicyclic) bond motifs is 1. The van der Waals surface area contributed by atoms with Gasteiger partial charge in [-0.3, -0.25) is 0 Å². The van der Waals surface area contributed by atoms with E-state index in [4.69, 9.17) is 4.74 Å². The van der Waals surface area contributed by atoms with E-state index in [2.05, 4.69) is 10.6 Å². The summed E-state index contributed by atoms with van der Waals surface area (Å²) in [7, 11) is 0. The molecule has 0 saturated heterocycles. The summed E-state index contributed by atoms with van der Waals surface area (Å²) in [5.74, 6) is 0.912. The van der Waals surface area contributed by atoms with Crippen molar-refractivity contribution in [2.24, 2.45) is 0 Å². The molecular formula is C17H18N2O2. The molecule has 2 amide bonds. The number of carbonyl (C=O) groups is 1. The quantitative estimate of drug-likeness (QED) is 0.889. The molecule has 1 unspecified atom stereocenters. The van der Waals surface area contributed by atoms with Crippen molar-refractivity contribution in [3.8, 4) is 5.75 Å². The van der Waals surface area contributed by atoms with Gasteiger partial charge in [-0.25, -0.2) is 4.79 Å². The van der Waals surface area contributed by atoms with Gasteiger partial charge in [0.25, 0.3) is 0 Å². The zero-order chi connectivity index (χ0) is 14.7. The molecule has 0 aromatic heterocycles. The molecule has 1 aliphatic heterocycles. The maximum atomic E-state index is 12.1. The van der Waals surface area contributed by atoms with Crippen molar-refractivity contribution in [2.45, 2.75) is 19.4 Å². The minimum absolute atomic E-state index is 0.0103. The smallest absolute Gasteiger partial charge is 0.319 e. The Kier molecular flexibility index (Phi) is 3.77. The molecule has 1 heterocycles. The van der Waals surface area contributed by atoms with Crippen molar-refractivity contribution in [1.29, 1.82) is 0 Å². The molecule has 1 atom stereocenters. The number of para-hydroxylation sites is 2. The molecule has 21 heavy (non-hydrogen) atoms. The molecule has 3 rings (SSSR count). The SMILES string of the molecule is Cc1ccccc1NC(=O)NC1COc2ccccc2C1. The van der Waals surface area contributed by atoms with Crippen LogP contribution in [0.5, 0.6) is 5.75 Å². The number of nitrogens with one attached hydrogen (secondary N) is 2. The molecule has 0 radical (unpaired) electrons. The van der Waals surface area contributed by atoms with Gasteiger partial charge in [0.1, 0.15) is 12.4 Å². The van der Waals surface area contributed by atoms with Gasteiger partial charge in [0, 0.05) is 5.69 Å². The van der Waals surface area contributed by atoms with E-state index < -0.39 is 0 Å². The molecular weight excluding hydrogens is 264 g/mol. The third-order valence-corrected chi connectivity index (χ3v) is 3.61. The fraction of sp³-hybridized carbons (Fsp3) is 0.235. The summed E-state index contributed by atoms with van der Waals surface area (Å²) in [5, 5.41) is 5.84. The first-order valence-corrected chi connectivity index (χ1v) is 7.06. The average molecular weight is 282 g/mol. The van der Waals surface area contributed by atoms with Crippen LogP contribution in [0.1, 0.15) is 11.1 Å². The van der Waals surface area contributed by atoms with Crippen LogP contribution in [0.25, 0.3) is 0 Å². The highest BCUT2D eigenvalue weighted by Gasteiger charge is 2.21. The van der Waals surface area contributed by atoms with Gasteiger partial charge in [-0.15, -0.1) is 0 Å². The van der Waals surface area contributed by atoms with Crippen LogP contribution in [-0.2, 0) is 6.42 Å². The van der Waals surface area contributed by atoms with E-state index in [0.717, 1.165) is 29.0 Å². The second kappa shape index (κ2) is 5.87. The van der Waals surface area contributed by atoms with Gasteiger partial charge in [-0.1, -0.05) is 36.4 Å². The molecule has 2 aromatic carbocycles. The predicted molar refractivity (Wildman–Crippen MR) is 82.8 cm³/mol. The average Bonchev–Trinajstić information content (AvgIpc) is 2.49. The highest BCUT2D eigenvalue weighted by atomic mass is 16.5. The van der Waals surface area contributed by atoms with E-state index in [-0.39, 0.29) is 12.1 Å². The lowest BCUT2D eigenvalue weighted by Gasteiger charge is -2.26. The molecule has 108 valence electrons. The van der Waals surface area contributed by atoms with E-state index in [1.807, 2.05) is 55.5 Å². The van der Waals surface area contributed by atoms with Gasteiger partial charge in [-0.05, 0) is 36.6 Å². The molecule has 0 fully saturated rings. The van der Waals surface area contributed by atoms with Crippen LogP contribution in [-0.4, -0.2) is 18.7 Å². The van der Waals surface area contributed by atoms with Crippen LogP contribution in [0.4, 0.5) is 10.5 Å². The van der Waals surface area contributed by atoms with E-state index >= 15 is 0 Å². The molecule has 2 aromatic rings. The summed E-state index contributed by atoms with van der Waals surface area (Å²) >= 11 is 0. The summed E-state index contributed by atoms with van der Waals surface area (Å²) in [5.41, 5.74) is 3.00. The van der Waals surface area contributed by atoms with Crippen molar-refractivity contribution in [2.75, 3.05) is 11.9 Å². The standard InChI is InChI=1S/C17H18N2O2/c1-12-6-2-4-8-15(12)19-17(20)18-14-10-13-7-3-5-9-16(13)21-11-14/h2-9,14H,10-11H2,1H3,(H2,18,19,20). The molecule has 2 N–H and O–H groups in total. The third kappa shape index (κ3) is 3.16. The first kappa shape index (κ1) is 13.5. The van der Waals surface area contributed by atoms with Crippen molar-refractivity contribution < 1.29 is 9.53 Å². The number of hydrogen-bond donors (Lipinski definition) is 2. The fourth-order valence-corrected chi connectivity index (χ4v) is 2.48. The van der Waals surface area contributed by atoms with E-state index in [9.17, 15) is 4.79 Å². The van der Waals surface area contributed by atoms with Crippen LogP contribution in [0, 0.1) is 6.92 Å². The molecule has 0 spiro atoms. The van der Waals surface area contributed by atoms with Crippen LogP contribution >= 0.6 is 0 Å². The van der Waals surface area contributed by atoms with Gasteiger partial charge >= 0.3 is 6.03 Å². The van der Waals surface area contributed by atoms with Crippen molar-refractivity contribution in [3.05, 3.63) is 59.7 Å². The number of benzene rings is 2. The van der Waals surface area contributed by atoms with E-state index in [0.29, 0.717) is 6.61 Å². The predicted octanol–water partition coefficient (Wildman–Crippen LogP) is 3.12. The largest absolute Gasteiger partial charge is 0.491 e. The number of hydrogen-bond acceptors (Lipinski definition) is 2. The Balaban J connectivity index is 1.60. The highest BCUT2D eigenvalue weighted by Crippen LogP contribution is 2.24. The molecule has 1 aliphatic rings. The Morgan fingerprint density at radius 2 is 1.90 bits per heavy atom. The van der Waals surface area contributed by atoms with Crippen molar-refractivity contribution in [3.63, 3.8) is 0 Å². The first-order chi connectivity index (χ1) is 10.2. The van der Waals surface area contributed by atoms with Gasteiger partial charge in [0.05, 0.1) is 6.04 Å². The monoisotopic (exact) mass is 282 g/mol. The zero-order valence-electron chi connectivity index (χ0n) is 11.9. The minimum atomic E-state index is -0.197. The van der Waals surface area contributed by atoms with Crippen molar-refractivity contribution in [1.82, 2.24) is 5.32 Å². The lowest BCUT2D eigenvalue weighted by molar-refractivity contribution is 0.222. The lowest BCUT2D eigenvalue weighted by Crippen LogP contribution is -2.44. The number of ether oxygens (including phenoxy) is 1. The summed E-state index contributed by atoms with van der Waals surface area (Å²) in [6.07, 6.45) is 0.789. The Morgan fingerprint density at radius 3 is 2.76 bits per heavy atom. The number of carbonyl (C=O) groups excluding carboxylic acids is 1. The molecule has 0 aliphatic carbocycles. The second-order valence-electron chi connectivity index (χ2n) is 5.23. The Morgan fingerprint density at radius 1 is 1.14 bits per heavy atom. The Hall–Kier alpha value is -2.49. The molecule has 0 bridgehead atoms. The Bertz CT molecular complexity index is 655.